The van der Waals surface area contributed by atoms with Crippen molar-refractivity contribution >= 4 is 70.0 Å². The Bertz CT molecular complexity index is 1650. The molecule has 41 heavy (non-hydrogen) atoms. The van der Waals surface area contributed by atoms with Crippen LogP contribution in [0.2, 0.25) is 0 Å². The monoisotopic (exact) mass is 596 g/mol. The third kappa shape index (κ3) is 7.18. The minimum absolute atomic E-state index is 0. The average molecular weight is 597 g/mol. The number of thiophene rings is 1. The van der Waals surface area contributed by atoms with Crippen molar-refractivity contribution in [2.75, 3.05) is 0 Å². The quantitative estimate of drug-likeness (QED) is 0.0947. The number of nitrogens with two attached hydrogens (primary N) is 2. The lowest BCUT2D eigenvalue weighted by molar-refractivity contribution is -0.141. The number of esters is 1. The predicted octanol–water partition coefficient (Wildman–Crippen LogP) is 4.26. The molecule has 0 aliphatic rings. The van der Waals surface area contributed by atoms with Crippen molar-refractivity contribution < 1.29 is 34.1 Å². The first-order chi connectivity index (χ1) is 19.0. The van der Waals surface area contributed by atoms with Gasteiger partial charge in [0, 0.05) is 12.1 Å². The van der Waals surface area contributed by atoms with Gasteiger partial charge in [0.25, 0.3) is 5.91 Å². The molecule has 0 saturated carbocycles. The number of aliphatic imine (C=N–C) groups is 1. The van der Waals surface area contributed by atoms with Gasteiger partial charge in [0.05, 0.1) is 11.3 Å². The summed E-state index contributed by atoms with van der Waals surface area (Å²) in [4.78, 5) is 54.5. The van der Waals surface area contributed by atoms with Crippen molar-refractivity contribution in [2.24, 2.45) is 16.5 Å². The molecule has 0 saturated heterocycles. The molecular weight excluding hydrogens is 572 g/mol. The van der Waals surface area contributed by atoms with Crippen molar-refractivity contribution in [2.45, 2.75) is 19.5 Å². The molecule has 0 aliphatic carbocycles. The molecule has 11 nitrogen and oxygen atoms in total. The molecule has 212 valence electrons. The van der Waals surface area contributed by atoms with Crippen LogP contribution in [0.25, 0.3) is 10.8 Å². The summed E-state index contributed by atoms with van der Waals surface area (Å²) in [5.41, 5.74) is 12.2. The van der Waals surface area contributed by atoms with Crippen molar-refractivity contribution in [1.82, 2.24) is 4.90 Å². The molecule has 6 N–H and O–H groups in total. The molecule has 3 aromatic carbocycles. The average Bonchev–Trinajstić information content (AvgIpc) is 3.39. The number of carboxylic acids is 2. The van der Waals surface area contributed by atoms with E-state index in [0.29, 0.717) is 22.0 Å². The molecule has 1 atom stereocenters. The highest BCUT2D eigenvalue weighted by atomic mass is 35.5. The number of aliphatic carboxylic acids is 1. The Balaban J connectivity index is 0.00000462. The standard InChI is InChI=1S/C28H24N4O7S.ClH/c1-15(25(34)35)32(13-16-11-23(26(36)37)40-14-16)24(33)22-4-2-3-18-12-20(9-10-21(18)22)39-27(38)17-5-7-19(8-6-17)31-28(29)30;/h2-12,14-15H,13H2,1H3,(H,34,35)(H,36,37)(H4,29,30,31);1H/t15-;/m1./s1. The summed E-state index contributed by atoms with van der Waals surface area (Å²) < 4.78 is 5.50. The number of carboxylic acid groups (broad SMARTS) is 2. The van der Waals surface area contributed by atoms with Gasteiger partial charge in [-0.2, -0.15) is 0 Å². The van der Waals surface area contributed by atoms with Crippen LogP contribution >= 0.6 is 23.7 Å². The summed E-state index contributed by atoms with van der Waals surface area (Å²) in [6.45, 7) is 1.29. The Hall–Kier alpha value is -4.94. The van der Waals surface area contributed by atoms with Gasteiger partial charge in [-0.15, -0.1) is 23.7 Å². The smallest absolute Gasteiger partial charge is 0.345 e. The molecule has 1 heterocycles. The van der Waals surface area contributed by atoms with Crippen LogP contribution in [0.3, 0.4) is 0 Å². The number of carbonyl (C=O) groups excluding carboxylic acids is 2. The number of hydrogen-bond acceptors (Lipinski definition) is 7. The molecule has 0 radical (unpaired) electrons. The summed E-state index contributed by atoms with van der Waals surface area (Å²) in [5, 5.41) is 21.5. The summed E-state index contributed by atoms with van der Waals surface area (Å²) in [6.07, 6.45) is 0. The molecule has 0 fully saturated rings. The van der Waals surface area contributed by atoms with E-state index < -0.39 is 29.9 Å². The van der Waals surface area contributed by atoms with Crippen LogP contribution in [0.15, 0.2) is 77.1 Å². The van der Waals surface area contributed by atoms with E-state index in [1.807, 2.05) is 0 Å². The number of nitrogens with zero attached hydrogens (tertiary/aromatic N) is 2. The number of amides is 1. The van der Waals surface area contributed by atoms with Crippen molar-refractivity contribution in [3.8, 4) is 5.75 Å². The normalized spacial score (nSPS) is 11.1. The molecule has 1 aromatic heterocycles. The van der Waals surface area contributed by atoms with Crippen LogP contribution in [0.5, 0.6) is 5.75 Å². The van der Waals surface area contributed by atoms with Gasteiger partial charge >= 0.3 is 17.9 Å². The zero-order valence-corrected chi connectivity index (χ0v) is 23.1. The Kier molecular flexibility index (Phi) is 9.66. The Morgan fingerprint density at radius 3 is 2.32 bits per heavy atom. The highest BCUT2D eigenvalue weighted by molar-refractivity contribution is 7.12. The zero-order valence-electron chi connectivity index (χ0n) is 21.5. The van der Waals surface area contributed by atoms with Crippen molar-refractivity contribution in [1.29, 1.82) is 0 Å². The number of aromatic carboxylic acids is 1. The molecule has 0 unspecified atom stereocenters. The van der Waals surface area contributed by atoms with Crippen LogP contribution in [0.1, 0.15) is 42.9 Å². The number of guanidine groups is 1. The maximum atomic E-state index is 13.6. The van der Waals surface area contributed by atoms with E-state index in [1.165, 1.54) is 36.1 Å². The van der Waals surface area contributed by atoms with Crippen LogP contribution in [-0.4, -0.2) is 50.9 Å². The molecule has 0 spiro atoms. The highest BCUT2D eigenvalue weighted by Crippen LogP contribution is 2.27. The predicted molar refractivity (Wildman–Crippen MR) is 156 cm³/mol. The van der Waals surface area contributed by atoms with Gasteiger partial charge in [-0.3, -0.25) is 4.79 Å². The van der Waals surface area contributed by atoms with Gasteiger partial charge in [0.15, 0.2) is 5.96 Å². The molecule has 0 aliphatic heterocycles. The zero-order chi connectivity index (χ0) is 29.0. The Labute approximate surface area is 244 Å². The van der Waals surface area contributed by atoms with E-state index in [0.717, 1.165) is 11.3 Å². The first kappa shape index (κ1) is 30.6. The maximum absolute atomic E-state index is 13.6. The third-order valence-electron chi connectivity index (χ3n) is 5.96. The number of benzene rings is 3. The van der Waals surface area contributed by atoms with E-state index in [1.54, 1.807) is 47.8 Å². The fourth-order valence-corrected chi connectivity index (χ4v) is 4.68. The Morgan fingerprint density at radius 1 is 1.00 bits per heavy atom. The number of rotatable bonds is 9. The van der Waals surface area contributed by atoms with Gasteiger partial charge in [-0.1, -0.05) is 12.1 Å². The van der Waals surface area contributed by atoms with E-state index in [2.05, 4.69) is 4.99 Å². The van der Waals surface area contributed by atoms with Crippen LogP contribution in [-0.2, 0) is 11.3 Å². The van der Waals surface area contributed by atoms with E-state index in [9.17, 15) is 29.4 Å². The SMILES string of the molecule is C[C@H](C(=O)O)N(Cc1csc(C(=O)O)c1)C(=O)c1cccc2cc(OC(=O)c3ccc(N=C(N)N)cc3)ccc12.Cl. The summed E-state index contributed by atoms with van der Waals surface area (Å²) in [7, 11) is 0. The minimum atomic E-state index is -1.21. The number of hydrogen-bond donors (Lipinski definition) is 4. The first-order valence-electron chi connectivity index (χ1n) is 11.8. The van der Waals surface area contributed by atoms with Gasteiger partial charge in [-0.25, -0.2) is 19.4 Å². The fourth-order valence-electron chi connectivity index (χ4n) is 3.94. The molecule has 4 rings (SSSR count). The molecule has 4 aromatic rings. The van der Waals surface area contributed by atoms with E-state index >= 15 is 0 Å². The fraction of sp³-hybridized carbons (Fsp3) is 0.107. The van der Waals surface area contributed by atoms with Gasteiger partial charge in [0.2, 0.25) is 0 Å². The third-order valence-corrected chi connectivity index (χ3v) is 6.92. The maximum Gasteiger partial charge on any atom is 0.345 e. The number of ether oxygens (including phenoxy) is 1. The van der Waals surface area contributed by atoms with Crippen LogP contribution in [0.4, 0.5) is 5.69 Å². The molecular formula is C28H25ClN4O7S. The first-order valence-corrected chi connectivity index (χ1v) is 12.7. The second kappa shape index (κ2) is 12.9. The lowest BCUT2D eigenvalue weighted by Crippen LogP contribution is -2.42. The summed E-state index contributed by atoms with van der Waals surface area (Å²) >= 11 is 0.995. The number of fused-ring (bicyclic) bond motifs is 1. The summed E-state index contributed by atoms with van der Waals surface area (Å²) in [6, 6.07) is 16.1. The number of carbonyl (C=O) groups is 4. The highest BCUT2D eigenvalue weighted by Gasteiger charge is 2.28. The second-order valence-corrected chi connectivity index (χ2v) is 9.64. The number of halogens is 1. The molecule has 1 amide bonds. The second-order valence-electron chi connectivity index (χ2n) is 8.73. The van der Waals surface area contributed by atoms with E-state index in [-0.39, 0.29) is 46.7 Å². The Morgan fingerprint density at radius 2 is 1.71 bits per heavy atom. The molecule has 13 heteroatoms. The topological polar surface area (TPSA) is 186 Å². The van der Waals surface area contributed by atoms with E-state index in [4.69, 9.17) is 16.2 Å². The largest absolute Gasteiger partial charge is 0.480 e. The van der Waals surface area contributed by atoms with Gasteiger partial charge in [-0.05, 0) is 83.2 Å². The summed E-state index contributed by atoms with van der Waals surface area (Å²) in [5.74, 6) is -3.33. The van der Waals surface area contributed by atoms with Gasteiger partial charge < -0.3 is 31.3 Å². The van der Waals surface area contributed by atoms with Gasteiger partial charge in [0.1, 0.15) is 16.7 Å². The lowest BCUT2D eigenvalue weighted by atomic mass is 10.0. The van der Waals surface area contributed by atoms with Crippen LogP contribution < -0.4 is 16.2 Å². The minimum Gasteiger partial charge on any atom is -0.480 e. The van der Waals surface area contributed by atoms with Crippen molar-refractivity contribution in [3.05, 3.63) is 93.7 Å². The van der Waals surface area contributed by atoms with Crippen molar-refractivity contribution in [3.63, 3.8) is 0 Å². The molecule has 0 bridgehead atoms. The van der Waals surface area contributed by atoms with Crippen LogP contribution in [0, 0.1) is 0 Å². The lowest BCUT2D eigenvalue weighted by Gasteiger charge is -2.27.